The molecule has 9 heteroatoms. The highest BCUT2D eigenvalue weighted by Crippen LogP contribution is 2.18. The first kappa shape index (κ1) is 19.8. The second-order valence-electron chi connectivity index (χ2n) is 6.71. The number of carboxylic acid groups (broad SMARTS) is 1. The molecule has 0 saturated heterocycles. The molecule has 2 aromatic heterocycles. The van der Waals surface area contributed by atoms with E-state index in [1.165, 1.54) is 6.07 Å². The number of hydrogen-bond donors (Lipinski definition) is 4. The van der Waals surface area contributed by atoms with Crippen LogP contribution in [0, 0.1) is 0 Å². The Bertz CT molecular complexity index is 1280. The summed E-state index contributed by atoms with van der Waals surface area (Å²) in [5.74, 6) is -1.79. The van der Waals surface area contributed by atoms with E-state index in [2.05, 4.69) is 25.8 Å². The normalized spacial score (nSPS) is 10.6. The van der Waals surface area contributed by atoms with Crippen molar-refractivity contribution >= 4 is 34.4 Å². The molecule has 0 saturated carbocycles. The van der Waals surface area contributed by atoms with Gasteiger partial charge in [-0.25, -0.2) is 4.79 Å². The van der Waals surface area contributed by atoms with Crippen LogP contribution in [0.4, 0.5) is 5.69 Å². The number of carbonyl (C=O) groups excluding carboxylic acids is 2. The Morgan fingerprint density at radius 1 is 0.935 bits per heavy atom. The molecule has 154 valence electrons. The van der Waals surface area contributed by atoms with Crippen molar-refractivity contribution in [1.82, 2.24) is 20.5 Å². The number of pyridine rings is 1. The summed E-state index contributed by atoms with van der Waals surface area (Å²) in [5, 5.41) is 21.5. The lowest BCUT2D eigenvalue weighted by Gasteiger charge is -2.09. The number of nitrogens with one attached hydrogen (secondary N) is 3. The molecule has 4 rings (SSSR count). The standard InChI is InChI=1S/C22H17N5O4/c28-20(15-4-5-18-17(11-15)19(22(30)31)27-26-18)24-12-13-2-1-3-16(10-13)25-21(29)14-6-8-23-9-7-14/h1-11H,12H2,(H,24,28)(H,25,29)(H,26,27)(H,30,31). The third kappa shape index (κ3) is 4.40. The van der Waals surface area contributed by atoms with Crippen LogP contribution in [0.3, 0.4) is 0 Å². The molecule has 4 aromatic rings. The van der Waals surface area contributed by atoms with Crippen LogP contribution in [0.1, 0.15) is 36.8 Å². The number of aromatic amines is 1. The molecule has 2 amide bonds. The maximum Gasteiger partial charge on any atom is 0.357 e. The molecule has 4 N–H and O–H groups in total. The van der Waals surface area contributed by atoms with Gasteiger partial charge in [0.15, 0.2) is 5.69 Å². The Kier molecular flexibility index (Phi) is 5.39. The number of amides is 2. The van der Waals surface area contributed by atoms with Gasteiger partial charge < -0.3 is 15.7 Å². The smallest absolute Gasteiger partial charge is 0.357 e. The highest BCUT2D eigenvalue weighted by molar-refractivity contribution is 6.05. The van der Waals surface area contributed by atoms with E-state index in [9.17, 15) is 19.5 Å². The molecule has 0 atom stereocenters. The van der Waals surface area contributed by atoms with E-state index in [0.29, 0.717) is 27.7 Å². The highest BCUT2D eigenvalue weighted by atomic mass is 16.4. The average molecular weight is 415 g/mol. The van der Waals surface area contributed by atoms with Crippen molar-refractivity contribution < 1.29 is 19.5 Å². The summed E-state index contributed by atoms with van der Waals surface area (Å²) in [4.78, 5) is 40.0. The van der Waals surface area contributed by atoms with Gasteiger partial charge in [-0.15, -0.1) is 0 Å². The topological polar surface area (TPSA) is 137 Å². The molecule has 2 aromatic carbocycles. The van der Waals surface area contributed by atoms with E-state index in [4.69, 9.17) is 0 Å². The van der Waals surface area contributed by atoms with Gasteiger partial charge in [-0.2, -0.15) is 5.10 Å². The number of fused-ring (bicyclic) bond motifs is 1. The van der Waals surface area contributed by atoms with E-state index in [-0.39, 0.29) is 24.1 Å². The molecular weight excluding hydrogens is 398 g/mol. The second kappa shape index (κ2) is 8.46. The number of nitrogens with zero attached hydrogens (tertiary/aromatic N) is 2. The van der Waals surface area contributed by atoms with Gasteiger partial charge in [0, 0.05) is 41.1 Å². The summed E-state index contributed by atoms with van der Waals surface area (Å²) in [7, 11) is 0. The predicted molar refractivity (Wildman–Crippen MR) is 113 cm³/mol. The van der Waals surface area contributed by atoms with Crippen LogP contribution in [-0.4, -0.2) is 38.1 Å². The molecule has 2 heterocycles. The quantitative estimate of drug-likeness (QED) is 0.382. The van der Waals surface area contributed by atoms with Crippen molar-refractivity contribution in [1.29, 1.82) is 0 Å². The summed E-state index contributed by atoms with van der Waals surface area (Å²) in [6, 6.07) is 15.0. The summed E-state index contributed by atoms with van der Waals surface area (Å²) >= 11 is 0. The third-order valence-electron chi connectivity index (χ3n) is 4.61. The Hall–Kier alpha value is -4.53. The maximum absolute atomic E-state index is 12.5. The molecule has 0 aliphatic carbocycles. The summed E-state index contributed by atoms with van der Waals surface area (Å²) < 4.78 is 0. The van der Waals surface area contributed by atoms with Gasteiger partial charge in [0.05, 0.1) is 5.52 Å². The number of carboxylic acids is 1. The van der Waals surface area contributed by atoms with Crippen LogP contribution >= 0.6 is 0 Å². The fraction of sp³-hybridized carbons (Fsp3) is 0.0455. The Balaban J connectivity index is 1.43. The van der Waals surface area contributed by atoms with Gasteiger partial charge in [0.2, 0.25) is 0 Å². The minimum atomic E-state index is -1.17. The third-order valence-corrected chi connectivity index (χ3v) is 4.61. The zero-order chi connectivity index (χ0) is 21.8. The van der Waals surface area contributed by atoms with E-state index in [0.717, 1.165) is 5.56 Å². The van der Waals surface area contributed by atoms with Gasteiger partial charge in [0.1, 0.15) is 0 Å². The van der Waals surface area contributed by atoms with Crippen molar-refractivity contribution in [3.63, 3.8) is 0 Å². The lowest BCUT2D eigenvalue weighted by Crippen LogP contribution is -2.22. The zero-order valence-electron chi connectivity index (χ0n) is 16.1. The summed E-state index contributed by atoms with van der Waals surface area (Å²) in [6.45, 7) is 0.229. The molecule has 0 radical (unpaired) electrons. The van der Waals surface area contributed by atoms with Crippen LogP contribution in [0.5, 0.6) is 0 Å². The van der Waals surface area contributed by atoms with Gasteiger partial charge in [-0.1, -0.05) is 12.1 Å². The number of H-pyrrole nitrogens is 1. The lowest BCUT2D eigenvalue weighted by atomic mass is 10.1. The van der Waals surface area contributed by atoms with Crippen molar-refractivity contribution in [2.45, 2.75) is 6.54 Å². The van der Waals surface area contributed by atoms with Gasteiger partial charge in [-0.05, 0) is 48.0 Å². The predicted octanol–water partition coefficient (Wildman–Crippen LogP) is 2.84. The van der Waals surface area contributed by atoms with Crippen LogP contribution in [0.25, 0.3) is 10.9 Å². The first-order valence-electron chi connectivity index (χ1n) is 9.31. The largest absolute Gasteiger partial charge is 0.476 e. The fourth-order valence-corrected chi connectivity index (χ4v) is 3.07. The van der Waals surface area contributed by atoms with Crippen molar-refractivity contribution in [3.8, 4) is 0 Å². The number of anilines is 1. The molecule has 31 heavy (non-hydrogen) atoms. The van der Waals surface area contributed by atoms with E-state index in [1.807, 2.05) is 6.07 Å². The Labute approximate surface area is 176 Å². The number of benzene rings is 2. The van der Waals surface area contributed by atoms with Crippen molar-refractivity contribution in [2.75, 3.05) is 5.32 Å². The van der Waals surface area contributed by atoms with Gasteiger partial charge >= 0.3 is 5.97 Å². The van der Waals surface area contributed by atoms with Crippen LogP contribution in [0.15, 0.2) is 67.0 Å². The zero-order valence-corrected chi connectivity index (χ0v) is 16.1. The average Bonchev–Trinajstić information content (AvgIpc) is 3.22. The second-order valence-corrected chi connectivity index (χ2v) is 6.71. The lowest BCUT2D eigenvalue weighted by molar-refractivity contribution is 0.0692. The number of aromatic nitrogens is 3. The molecule has 0 fully saturated rings. The molecule has 0 spiro atoms. The number of hydrogen-bond acceptors (Lipinski definition) is 5. The number of rotatable bonds is 6. The van der Waals surface area contributed by atoms with Crippen LogP contribution < -0.4 is 10.6 Å². The molecule has 0 aliphatic heterocycles. The van der Waals surface area contributed by atoms with Crippen molar-refractivity contribution in [2.24, 2.45) is 0 Å². The first-order chi connectivity index (χ1) is 15.0. The fourth-order valence-electron chi connectivity index (χ4n) is 3.07. The van der Waals surface area contributed by atoms with Gasteiger partial charge in [-0.3, -0.25) is 19.7 Å². The first-order valence-corrected chi connectivity index (χ1v) is 9.31. The summed E-state index contributed by atoms with van der Waals surface area (Å²) in [5.41, 5.74) is 2.59. The minimum Gasteiger partial charge on any atom is -0.476 e. The Morgan fingerprint density at radius 3 is 2.52 bits per heavy atom. The SMILES string of the molecule is O=C(NCc1cccc(NC(=O)c2ccncc2)c1)c1ccc2[nH]nc(C(=O)O)c2c1. The van der Waals surface area contributed by atoms with E-state index >= 15 is 0 Å². The van der Waals surface area contributed by atoms with Crippen molar-refractivity contribution in [3.05, 3.63) is 89.4 Å². The van der Waals surface area contributed by atoms with E-state index < -0.39 is 5.97 Å². The number of aromatic carboxylic acids is 1. The molecule has 0 bridgehead atoms. The molecule has 0 unspecified atom stereocenters. The van der Waals surface area contributed by atoms with Gasteiger partial charge in [0.25, 0.3) is 11.8 Å². The van der Waals surface area contributed by atoms with Crippen LogP contribution in [0.2, 0.25) is 0 Å². The highest BCUT2D eigenvalue weighted by Gasteiger charge is 2.15. The Morgan fingerprint density at radius 2 is 1.74 bits per heavy atom. The maximum atomic E-state index is 12.5. The van der Waals surface area contributed by atoms with E-state index in [1.54, 1.807) is 54.9 Å². The minimum absolute atomic E-state index is 0.137. The number of carbonyl (C=O) groups is 3. The summed E-state index contributed by atoms with van der Waals surface area (Å²) in [6.07, 6.45) is 3.09. The molecular formula is C22H17N5O4. The molecule has 0 aliphatic rings. The van der Waals surface area contributed by atoms with Crippen LogP contribution in [-0.2, 0) is 6.54 Å². The molecule has 9 nitrogen and oxygen atoms in total. The monoisotopic (exact) mass is 415 g/mol.